The summed E-state index contributed by atoms with van der Waals surface area (Å²) in [5.74, 6) is -0.846. The predicted molar refractivity (Wildman–Crippen MR) is 69.5 cm³/mol. The Balaban J connectivity index is 2.86. The van der Waals surface area contributed by atoms with E-state index in [4.69, 9.17) is 11.6 Å². The molecule has 1 aromatic carbocycles. The molecule has 0 spiro atoms. The van der Waals surface area contributed by atoms with E-state index in [-0.39, 0.29) is 6.04 Å². The molecule has 0 aliphatic rings. The van der Waals surface area contributed by atoms with Crippen LogP contribution in [0.15, 0.2) is 24.3 Å². The van der Waals surface area contributed by atoms with Gasteiger partial charge in [-0.3, -0.25) is 10.1 Å². The zero-order chi connectivity index (χ0) is 13.1. The molecule has 0 saturated heterocycles. The number of carboxylic acid groups (broad SMARTS) is 1. The zero-order valence-electron chi connectivity index (χ0n) is 10.3. The van der Waals surface area contributed by atoms with Crippen molar-refractivity contribution in [1.29, 1.82) is 0 Å². The van der Waals surface area contributed by atoms with Crippen LogP contribution >= 0.6 is 11.6 Å². The molecule has 0 heterocycles. The topological polar surface area (TPSA) is 49.3 Å². The van der Waals surface area contributed by atoms with Gasteiger partial charge in [-0.05, 0) is 38.5 Å². The third-order valence-corrected chi connectivity index (χ3v) is 2.80. The number of carboxylic acids is 1. The summed E-state index contributed by atoms with van der Waals surface area (Å²) >= 11 is 5.80. The summed E-state index contributed by atoms with van der Waals surface area (Å²) in [5, 5.41) is 13.1. The summed E-state index contributed by atoms with van der Waals surface area (Å²) in [7, 11) is 0. The average Bonchev–Trinajstić information content (AvgIpc) is 2.20. The van der Waals surface area contributed by atoms with E-state index >= 15 is 0 Å². The second-order valence-electron chi connectivity index (χ2n) is 4.74. The number of aliphatic carboxylic acids is 1. The maximum absolute atomic E-state index is 11.3. The predicted octanol–water partition coefficient (Wildman–Crippen LogP) is 2.72. The smallest absolute Gasteiger partial charge is 0.323 e. The monoisotopic (exact) mass is 255 g/mol. The van der Waals surface area contributed by atoms with Gasteiger partial charge in [0.05, 0.1) is 0 Å². The van der Waals surface area contributed by atoms with E-state index in [1.54, 1.807) is 19.1 Å². The summed E-state index contributed by atoms with van der Waals surface area (Å²) in [5.41, 5.74) is -0.00501. The first kappa shape index (κ1) is 14.0. The maximum Gasteiger partial charge on any atom is 0.323 e. The molecule has 0 aliphatic heterocycles. The molecule has 94 valence electrons. The molecule has 0 saturated carbocycles. The molecule has 0 amide bonds. The molecule has 0 fully saturated rings. The lowest BCUT2D eigenvalue weighted by Gasteiger charge is -2.28. The van der Waals surface area contributed by atoms with Crippen LogP contribution in [0, 0.1) is 0 Å². The van der Waals surface area contributed by atoms with Crippen LogP contribution in [0.2, 0.25) is 5.02 Å². The summed E-state index contributed by atoms with van der Waals surface area (Å²) in [6.45, 7) is 5.57. The highest BCUT2D eigenvalue weighted by atomic mass is 35.5. The molecule has 1 atom stereocenters. The Labute approximate surface area is 107 Å². The minimum Gasteiger partial charge on any atom is -0.480 e. The Hall–Kier alpha value is -1.06. The molecule has 2 N–H and O–H groups in total. The van der Waals surface area contributed by atoms with Crippen molar-refractivity contribution in [2.24, 2.45) is 0 Å². The first-order valence-corrected chi connectivity index (χ1v) is 5.97. The fourth-order valence-electron chi connectivity index (χ4n) is 1.84. The Morgan fingerprint density at radius 3 is 2.35 bits per heavy atom. The molecule has 4 heteroatoms. The molecule has 1 rings (SSSR count). The third-order valence-electron chi connectivity index (χ3n) is 2.55. The molecule has 0 aliphatic carbocycles. The van der Waals surface area contributed by atoms with Crippen LogP contribution in [0.1, 0.15) is 26.3 Å². The highest BCUT2D eigenvalue weighted by Crippen LogP contribution is 2.17. The number of nitrogens with one attached hydrogen (secondary N) is 1. The van der Waals surface area contributed by atoms with E-state index in [2.05, 4.69) is 5.32 Å². The van der Waals surface area contributed by atoms with Crippen molar-refractivity contribution in [1.82, 2.24) is 5.32 Å². The van der Waals surface area contributed by atoms with Crippen LogP contribution in [0.25, 0.3) is 0 Å². The van der Waals surface area contributed by atoms with Gasteiger partial charge >= 0.3 is 5.97 Å². The van der Waals surface area contributed by atoms with Crippen molar-refractivity contribution in [2.45, 2.75) is 38.8 Å². The molecular formula is C13H18ClNO2. The van der Waals surface area contributed by atoms with E-state index in [0.717, 1.165) is 5.56 Å². The minimum atomic E-state index is -0.956. The molecule has 3 nitrogen and oxygen atoms in total. The van der Waals surface area contributed by atoms with Gasteiger partial charge in [0.1, 0.15) is 5.54 Å². The first-order chi connectivity index (χ1) is 7.83. The van der Waals surface area contributed by atoms with Gasteiger partial charge in [0, 0.05) is 17.5 Å². The Kier molecular flexibility index (Phi) is 4.54. The lowest BCUT2D eigenvalue weighted by molar-refractivity contribution is -0.144. The van der Waals surface area contributed by atoms with Gasteiger partial charge in [0.15, 0.2) is 0 Å². The lowest BCUT2D eigenvalue weighted by atomic mass is 9.92. The normalized spacial score (nSPS) is 14.6. The lowest BCUT2D eigenvalue weighted by Crippen LogP contribution is -2.53. The number of carbonyl (C=O) groups is 1. The molecular weight excluding hydrogens is 238 g/mol. The van der Waals surface area contributed by atoms with Crippen molar-refractivity contribution in [3.05, 3.63) is 34.9 Å². The molecule has 1 aromatic rings. The fraction of sp³-hybridized carbons (Fsp3) is 0.462. The number of benzene rings is 1. The van der Waals surface area contributed by atoms with Crippen molar-refractivity contribution >= 4 is 17.6 Å². The second kappa shape index (κ2) is 5.52. The molecule has 0 bridgehead atoms. The average molecular weight is 256 g/mol. The second-order valence-corrected chi connectivity index (χ2v) is 5.18. The maximum atomic E-state index is 11.3. The standard InChI is InChI=1S/C13H18ClNO2/c1-9(2)15-13(3,12(16)17)8-10-4-6-11(14)7-5-10/h4-7,9,15H,8H2,1-3H3,(H,16,17). The van der Waals surface area contributed by atoms with Crippen molar-refractivity contribution < 1.29 is 9.90 Å². The summed E-state index contributed by atoms with van der Waals surface area (Å²) in [6, 6.07) is 7.36. The Bertz CT molecular complexity index is 389. The van der Waals surface area contributed by atoms with Gasteiger partial charge in [0.2, 0.25) is 0 Å². The van der Waals surface area contributed by atoms with Crippen molar-refractivity contribution in [3.63, 3.8) is 0 Å². The van der Waals surface area contributed by atoms with Gasteiger partial charge < -0.3 is 5.11 Å². The third kappa shape index (κ3) is 4.02. The van der Waals surface area contributed by atoms with Crippen LogP contribution in [0.5, 0.6) is 0 Å². The summed E-state index contributed by atoms with van der Waals surface area (Å²) in [6.07, 6.45) is 0.428. The van der Waals surface area contributed by atoms with Crippen molar-refractivity contribution in [2.75, 3.05) is 0 Å². The van der Waals surface area contributed by atoms with E-state index < -0.39 is 11.5 Å². The Morgan fingerprint density at radius 1 is 1.41 bits per heavy atom. The highest BCUT2D eigenvalue weighted by Gasteiger charge is 2.33. The van der Waals surface area contributed by atoms with Crippen molar-refractivity contribution in [3.8, 4) is 0 Å². The van der Waals surface area contributed by atoms with E-state index in [1.807, 2.05) is 26.0 Å². The van der Waals surface area contributed by atoms with Crippen LogP contribution in [0.3, 0.4) is 0 Å². The van der Waals surface area contributed by atoms with Gasteiger partial charge in [-0.1, -0.05) is 23.7 Å². The van der Waals surface area contributed by atoms with Crippen LogP contribution < -0.4 is 5.32 Å². The minimum absolute atomic E-state index is 0.114. The fourth-order valence-corrected chi connectivity index (χ4v) is 1.96. The molecule has 17 heavy (non-hydrogen) atoms. The van der Waals surface area contributed by atoms with Crippen LogP contribution in [0.4, 0.5) is 0 Å². The number of rotatable bonds is 5. The number of halogens is 1. The van der Waals surface area contributed by atoms with Crippen LogP contribution in [-0.2, 0) is 11.2 Å². The SMILES string of the molecule is CC(C)NC(C)(Cc1ccc(Cl)cc1)C(=O)O. The van der Waals surface area contributed by atoms with Gasteiger partial charge in [0.25, 0.3) is 0 Å². The molecule has 1 unspecified atom stereocenters. The van der Waals surface area contributed by atoms with Crippen LogP contribution in [-0.4, -0.2) is 22.7 Å². The first-order valence-electron chi connectivity index (χ1n) is 5.59. The van der Waals surface area contributed by atoms with E-state index in [9.17, 15) is 9.90 Å². The Morgan fingerprint density at radius 2 is 1.94 bits per heavy atom. The van der Waals surface area contributed by atoms with E-state index in [1.165, 1.54) is 0 Å². The number of hydrogen-bond donors (Lipinski definition) is 2. The summed E-state index contributed by atoms with van der Waals surface area (Å²) < 4.78 is 0. The molecule has 0 aromatic heterocycles. The van der Waals surface area contributed by atoms with Gasteiger partial charge in [-0.15, -0.1) is 0 Å². The zero-order valence-corrected chi connectivity index (χ0v) is 11.1. The summed E-state index contributed by atoms with van der Waals surface area (Å²) in [4.78, 5) is 11.3. The van der Waals surface area contributed by atoms with E-state index in [0.29, 0.717) is 11.4 Å². The number of hydrogen-bond acceptors (Lipinski definition) is 2. The molecule has 0 radical (unpaired) electrons. The quantitative estimate of drug-likeness (QED) is 0.851. The largest absolute Gasteiger partial charge is 0.480 e. The van der Waals surface area contributed by atoms with Gasteiger partial charge in [-0.25, -0.2) is 0 Å². The highest BCUT2D eigenvalue weighted by molar-refractivity contribution is 6.30. The van der Waals surface area contributed by atoms with Gasteiger partial charge in [-0.2, -0.15) is 0 Å².